The zero-order valence-electron chi connectivity index (χ0n) is 8.33. The van der Waals surface area contributed by atoms with Gasteiger partial charge < -0.3 is 4.90 Å². The summed E-state index contributed by atoms with van der Waals surface area (Å²) in [7, 11) is 2.17. The van der Waals surface area contributed by atoms with Gasteiger partial charge in [-0.3, -0.25) is 4.90 Å². The van der Waals surface area contributed by atoms with Crippen molar-refractivity contribution in [1.82, 2.24) is 4.90 Å². The molecule has 1 heterocycles. The molecule has 1 aromatic rings. The molecule has 70 valence electrons. The Bertz CT molecular complexity index is 296. The fraction of sp³-hybridized carbons (Fsp3) is 0.455. The lowest BCUT2D eigenvalue weighted by Crippen LogP contribution is -2.39. The third-order valence-corrected chi connectivity index (χ3v) is 2.57. The first-order valence-corrected chi connectivity index (χ1v) is 4.82. The van der Waals surface area contributed by atoms with Crippen molar-refractivity contribution in [2.45, 2.75) is 13.5 Å². The Morgan fingerprint density at radius 2 is 2.08 bits per heavy atom. The second-order valence-corrected chi connectivity index (χ2v) is 3.64. The van der Waals surface area contributed by atoms with E-state index >= 15 is 0 Å². The van der Waals surface area contributed by atoms with Gasteiger partial charge in [0, 0.05) is 18.8 Å². The van der Waals surface area contributed by atoms with Crippen LogP contribution in [-0.4, -0.2) is 25.2 Å². The number of hydrogen-bond acceptors (Lipinski definition) is 2. The fourth-order valence-corrected chi connectivity index (χ4v) is 1.93. The summed E-state index contributed by atoms with van der Waals surface area (Å²) in [4.78, 5) is 4.74. The Morgan fingerprint density at radius 3 is 2.85 bits per heavy atom. The molecular formula is C11H16N2. The van der Waals surface area contributed by atoms with Gasteiger partial charge >= 0.3 is 0 Å². The van der Waals surface area contributed by atoms with Crippen LogP contribution in [0.1, 0.15) is 12.5 Å². The van der Waals surface area contributed by atoms with Crippen molar-refractivity contribution in [1.29, 1.82) is 0 Å². The highest BCUT2D eigenvalue weighted by molar-refractivity contribution is 5.54. The van der Waals surface area contributed by atoms with E-state index in [0.717, 1.165) is 19.8 Å². The lowest BCUT2D eigenvalue weighted by atomic mass is 10.1. The number of anilines is 1. The normalized spacial score (nSPS) is 17.2. The van der Waals surface area contributed by atoms with Crippen LogP contribution >= 0.6 is 0 Å². The molecule has 0 atom stereocenters. The van der Waals surface area contributed by atoms with Crippen LogP contribution in [0.25, 0.3) is 0 Å². The Labute approximate surface area is 79.8 Å². The highest BCUT2D eigenvalue weighted by Crippen LogP contribution is 2.25. The molecule has 0 aromatic heterocycles. The molecule has 0 saturated heterocycles. The molecule has 0 amide bonds. The minimum Gasteiger partial charge on any atom is -0.359 e. The molecular weight excluding hydrogens is 160 g/mol. The van der Waals surface area contributed by atoms with Crippen LogP contribution in [0.2, 0.25) is 0 Å². The van der Waals surface area contributed by atoms with Crippen LogP contribution < -0.4 is 4.90 Å². The molecule has 0 saturated carbocycles. The van der Waals surface area contributed by atoms with E-state index in [2.05, 4.69) is 48.0 Å². The summed E-state index contributed by atoms with van der Waals surface area (Å²) in [5, 5.41) is 0. The number of hydrogen-bond donors (Lipinski definition) is 0. The zero-order valence-corrected chi connectivity index (χ0v) is 8.33. The van der Waals surface area contributed by atoms with Gasteiger partial charge in [-0.15, -0.1) is 0 Å². The topological polar surface area (TPSA) is 6.48 Å². The van der Waals surface area contributed by atoms with Gasteiger partial charge in [-0.1, -0.05) is 18.2 Å². The van der Waals surface area contributed by atoms with Crippen LogP contribution in [0, 0.1) is 0 Å². The van der Waals surface area contributed by atoms with Crippen molar-refractivity contribution in [2.75, 3.05) is 25.2 Å². The maximum atomic E-state index is 2.40. The molecule has 2 rings (SSSR count). The van der Waals surface area contributed by atoms with Gasteiger partial charge in [0.05, 0.1) is 6.67 Å². The van der Waals surface area contributed by atoms with E-state index in [9.17, 15) is 0 Å². The Balaban J connectivity index is 2.37. The fourth-order valence-electron chi connectivity index (χ4n) is 1.93. The third kappa shape index (κ3) is 1.54. The number of rotatable bonds is 1. The molecule has 0 bridgehead atoms. The summed E-state index contributed by atoms with van der Waals surface area (Å²) >= 11 is 0. The lowest BCUT2D eigenvalue weighted by molar-refractivity contribution is 0.310. The number of fused-ring (bicyclic) bond motifs is 1. The van der Waals surface area contributed by atoms with Crippen molar-refractivity contribution in [3.8, 4) is 0 Å². The predicted molar refractivity (Wildman–Crippen MR) is 55.8 cm³/mol. The minimum atomic E-state index is 1.05. The van der Waals surface area contributed by atoms with E-state index in [1.807, 2.05) is 0 Å². The summed E-state index contributed by atoms with van der Waals surface area (Å²) in [6, 6.07) is 8.66. The Kier molecular flexibility index (Phi) is 2.23. The molecule has 0 N–H and O–H groups in total. The van der Waals surface area contributed by atoms with Crippen molar-refractivity contribution in [2.24, 2.45) is 0 Å². The molecule has 0 aliphatic carbocycles. The van der Waals surface area contributed by atoms with E-state index < -0.39 is 0 Å². The molecule has 2 heteroatoms. The smallest absolute Gasteiger partial charge is 0.0707 e. The maximum Gasteiger partial charge on any atom is 0.0707 e. The van der Waals surface area contributed by atoms with Gasteiger partial charge in [0.1, 0.15) is 0 Å². The Hall–Kier alpha value is -1.02. The summed E-state index contributed by atoms with van der Waals surface area (Å²) < 4.78 is 0. The lowest BCUT2D eigenvalue weighted by Gasteiger charge is -2.35. The zero-order chi connectivity index (χ0) is 9.26. The van der Waals surface area contributed by atoms with Crippen molar-refractivity contribution in [3.05, 3.63) is 29.8 Å². The summed E-state index contributed by atoms with van der Waals surface area (Å²) in [5.74, 6) is 0. The standard InChI is InChI=1S/C11H16N2/c1-3-13-9-12(2)8-10-6-4-5-7-11(10)13/h4-7H,3,8-9H2,1-2H3. The molecule has 0 fully saturated rings. The quantitative estimate of drug-likeness (QED) is 0.645. The first kappa shape index (κ1) is 8.57. The maximum absolute atomic E-state index is 2.40. The number of nitrogens with zero attached hydrogens (tertiary/aromatic N) is 2. The van der Waals surface area contributed by atoms with E-state index in [1.165, 1.54) is 11.3 Å². The third-order valence-electron chi connectivity index (χ3n) is 2.57. The van der Waals surface area contributed by atoms with Gasteiger partial charge in [-0.25, -0.2) is 0 Å². The summed E-state index contributed by atoms with van der Waals surface area (Å²) in [6.07, 6.45) is 0. The van der Waals surface area contributed by atoms with Crippen LogP contribution in [0.15, 0.2) is 24.3 Å². The van der Waals surface area contributed by atoms with Gasteiger partial charge in [0.2, 0.25) is 0 Å². The number of para-hydroxylation sites is 1. The molecule has 13 heavy (non-hydrogen) atoms. The van der Waals surface area contributed by atoms with E-state index in [-0.39, 0.29) is 0 Å². The molecule has 1 aliphatic heterocycles. The second kappa shape index (κ2) is 3.38. The van der Waals surface area contributed by atoms with Crippen LogP contribution in [0.4, 0.5) is 5.69 Å². The Morgan fingerprint density at radius 1 is 1.31 bits per heavy atom. The summed E-state index contributed by atoms with van der Waals surface area (Å²) in [6.45, 7) is 5.41. The average Bonchev–Trinajstić information content (AvgIpc) is 2.16. The molecule has 0 radical (unpaired) electrons. The first-order valence-electron chi connectivity index (χ1n) is 4.82. The molecule has 2 nitrogen and oxygen atoms in total. The first-order chi connectivity index (χ1) is 6.31. The monoisotopic (exact) mass is 176 g/mol. The van der Waals surface area contributed by atoms with Crippen LogP contribution in [0.3, 0.4) is 0 Å². The van der Waals surface area contributed by atoms with Gasteiger partial charge in [-0.2, -0.15) is 0 Å². The van der Waals surface area contributed by atoms with Crippen molar-refractivity contribution in [3.63, 3.8) is 0 Å². The van der Waals surface area contributed by atoms with E-state index in [1.54, 1.807) is 0 Å². The molecule has 1 aromatic carbocycles. The largest absolute Gasteiger partial charge is 0.359 e. The van der Waals surface area contributed by atoms with Crippen molar-refractivity contribution >= 4 is 5.69 Å². The molecule has 1 aliphatic rings. The number of benzene rings is 1. The highest BCUT2D eigenvalue weighted by Gasteiger charge is 2.17. The SMILES string of the molecule is CCN1CN(C)Cc2ccccc21. The highest BCUT2D eigenvalue weighted by atomic mass is 15.3. The molecule has 0 spiro atoms. The predicted octanol–water partition coefficient (Wildman–Crippen LogP) is 1.92. The average molecular weight is 176 g/mol. The van der Waals surface area contributed by atoms with Crippen LogP contribution in [0.5, 0.6) is 0 Å². The van der Waals surface area contributed by atoms with Crippen molar-refractivity contribution < 1.29 is 0 Å². The summed E-state index contributed by atoms with van der Waals surface area (Å²) in [5.41, 5.74) is 2.85. The van der Waals surface area contributed by atoms with Gasteiger partial charge in [0.15, 0.2) is 0 Å². The molecule has 0 unspecified atom stereocenters. The van der Waals surface area contributed by atoms with E-state index in [4.69, 9.17) is 0 Å². The van der Waals surface area contributed by atoms with Gasteiger partial charge in [0.25, 0.3) is 0 Å². The minimum absolute atomic E-state index is 1.05. The van der Waals surface area contributed by atoms with E-state index in [0.29, 0.717) is 0 Å². The second-order valence-electron chi connectivity index (χ2n) is 3.64. The van der Waals surface area contributed by atoms with Crippen LogP contribution in [-0.2, 0) is 6.54 Å². The van der Waals surface area contributed by atoms with Gasteiger partial charge in [-0.05, 0) is 25.6 Å².